The van der Waals surface area contributed by atoms with Crippen molar-refractivity contribution in [3.63, 3.8) is 0 Å². The molecule has 9 heteroatoms. The lowest BCUT2D eigenvalue weighted by atomic mass is 10.2. The molecule has 0 radical (unpaired) electrons. The van der Waals surface area contributed by atoms with Gasteiger partial charge in [-0.1, -0.05) is 30.3 Å². The molecule has 0 unspecified atom stereocenters. The molecule has 2 N–H and O–H groups in total. The van der Waals surface area contributed by atoms with Gasteiger partial charge in [-0.3, -0.25) is 0 Å². The number of nitrogens with zero attached hydrogens (tertiary/aromatic N) is 4. The van der Waals surface area contributed by atoms with Gasteiger partial charge in [0.1, 0.15) is 18.2 Å². The maximum atomic E-state index is 12.5. The number of aromatic amines is 1. The fourth-order valence-corrected chi connectivity index (χ4v) is 2.96. The first-order chi connectivity index (χ1) is 15.1. The van der Waals surface area contributed by atoms with Crippen molar-refractivity contribution in [2.45, 2.75) is 0 Å². The number of carbonyl (C=O) groups is 1. The molecule has 0 bridgehead atoms. The van der Waals surface area contributed by atoms with Crippen LogP contribution in [0.25, 0.3) is 22.3 Å². The van der Waals surface area contributed by atoms with Gasteiger partial charge in [-0.2, -0.15) is 10.4 Å². The molecule has 2 aromatic carbocycles. The van der Waals surface area contributed by atoms with Crippen molar-refractivity contribution in [1.29, 1.82) is 5.26 Å². The third-order valence-corrected chi connectivity index (χ3v) is 4.48. The van der Waals surface area contributed by atoms with E-state index in [1.54, 1.807) is 18.3 Å². The van der Waals surface area contributed by atoms with E-state index in [9.17, 15) is 15.2 Å². The zero-order valence-electron chi connectivity index (χ0n) is 16.4. The van der Waals surface area contributed by atoms with Gasteiger partial charge in [0.15, 0.2) is 17.3 Å². The molecule has 0 aliphatic rings. The largest absolute Gasteiger partial charge is 0.507 e. The number of rotatable bonds is 6. The van der Waals surface area contributed by atoms with E-state index < -0.39 is 18.3 Å². The minimum Gasteiger partial charge on any atom is -0.507 e. The summed E-state index contributed by atoms with van der Waals surface area (Å²) in [7, 11) is 1.41. The summed E-state index contributed by atoms with van der Waals surface area (Å²) in [6.07, 6.45) is 1.55. The normalized spacial score (nSPS) is 11.6. The number of nitriles is 1. The van der Waals surface area contributed by atoms with Crippen LogP contribution in [0.3, 0.4) is 0 Å². The van der Waals surface area contributed by atoms with Gasteiger partial charge in [-0.05, 0) is 24.3 Å². The number of carbonyl (C=O) groups excluding carboxylic acids is 1. The van der Waals surface area contributed by atoms with E-state index in [0.717, 1.165) is 5.69 Å². The number of para-hydroxylation sites is 3. The molecule has 0 atom stereocenters. The second-order valence-electron chi connectivity index (χ2n) is 6.44. The number of nitrogens with one attached hydrogen (secondary N) is 1. The molecule has 2 heterocycles. The van der Waals surface area contributed by atoms with Crippen LogP contribution in [0, 0.1) is 11.3 Å². The molecule has 2 aromatic heterocycles. The van der Waals surface area contributed by atoms with Gasteiger partial charge in [-0.15, -0.1) is 0 Å². The molecule has 4 rings (SSSR count). The Labute approximate surface area is 176 Å². The smallest absolute Gasteiger partial charge is 0.363 e. The molecular weight excluding hydrogens is 398 g/mol. The molecule has 0 aliphatic carbocycles. The number of esters is 1. The molecule has 0 spiro atoms. The highest BCUT2D eigenvalue weighted by Crippen LogP contribution is 2.22. The SMILES string of the molecule is COc1cn(-c2ccccc2)nc1C(=O)OC/C(O)=C(\C#N)c1nc2ccccc2[nH]1. The molecule has 0 aliphatic heterocycles. The number of aliphatic hydroxyl groups excluding tert-OH is 1. The van der Waals surface area contributed by atoms with E-state index >= 15 is 0 Å². The highest BCUT2D eigenvalue weighted by Gasteiger charge is 2.21. The lowest BCUT2D eigenvalue weighted by molar-refractivity contribution is 0.0492. The van der Waals surface area contributed by atoms with Crippen LogP contribution < -0.4 is 4.74 Å². The minimum atomic E-state index is -0.806. The fraction of sp³-hybridized carbons (Fsp3) is 0.0909. The van der Waals surface area contributed by atoms with Gasteiger partial charge in [-0.25, -0.2) is 14.5 Å². The predicted molar refractivity (Wildman–Crippen MR) is 112 cm³/mol. The molecule has 0 fully saturated rings. The maximum absolute atomic E-state index is 12.5. The Balaban J connectivity index is 1.55. The number of imidazole rings is 1. The Bertz CT molecular complexity index is 1280. The van der Waals surface area contributed by atoms with Gasteiger partial charge in [0, 0.05) is 0 Å². The highest BCUT2D eigenvalue weighted by atomic mass is 16.5. The van der Waals surface area contributed by atoms with Crippen LogP contribution in [0.15, 0.2) is 66.6 Å². The van der Waals surface area contributed by atoms with E-state index in [4.69, 9.17) is 9.47 Å². The number of aliphatic hydroxyl groups is 1. The Morgan fingerprint density at radius 3 is 2.65 bits per heavy atom. The topological polar surface area (TPSA) is 126 Å². The van der Waals surface area contributed by atoms with Crippen molar-refractivity contribution in [2.75, 3.05) is 13.7 Å². The van der Waals surface area contributed by atoms with Crippen molar-refractivity contribution >= 4 is 22.6 Å². The molecule has 0 amide bonds. The van der Waals surface area contributed by atoms with Crippen molar-refractivity contribution in [2.24, 2.45) is 0 Å². The molecule has 9 nitrogen and oxygen atoms in total. The van der Waals surface area contributed by atoms with Crippen molar-refractivity contribution < 1.29 is 19.4 Å². The summed E-state index contributed by atoms with van der Waals surface area (Å²) in [6, 6.07) is 18.3. The zero-order chi connectivity index (χ0) is 21.8. The lowest BCUT2D eigenvalue weighted by Gasteiger charge is -2.05. The van der Waals surface area contributed by atoms with E-state index in [1.807, 2.05) is 48.5 Å². The van der Waals surface area contributed by atoms with Crippen LogP contribution in [0.2, 0.25) is 0 Å². The first-order valence-corrected chi connectivity index (χ1v) is 9.24. The Hall–Kier alpha value is -4.58. The van der Waals surface area contributed by atoms with Crippen LogP contribution in [0.5, 0.6) is 5.75 Å². The summed E-state index contributed by atoms with van der Waals surface area (Å²) < 4.78 is 11.9. The second kappa shape index (κ2) is 8.42. The molecule has 154 valence electrons. The summed E-state index contributed by atoms with van der Waals surface area (Å²) in [5, 5.41) is 24.0. The van der Waals surface area contributed by atoms with Gasteiger partial charge in [0.05, 0.1) is 30.0 Å². The summed E-state index contributed by atoms with van der Waals surface area (Å²) in [4.78, 5) is 19.8. The number of ether oxygens (including phenoxy) is 2. The molecule has 0 saturated heterocycles. The zero-order valence-corrected chi connectivity index (χ0v) is 16.4. The van der Waals surface area contributed by atoms with Crippen molar-refractivity contribution in [3.8, 4) is 17.5 Å². The average molecular weight is 415 g/mol. The summed E-state index contributed by atoms with van der Waals surface area (Å²) in [5.41, 5.74) is 1.92. The van der Waals surface area contributed by atoms with Gasteiger partial charge in [0.2, 0.25) is 5.69 Å². The van der Waals surface area contributed by atoms with Crippen LogP contribution in [0.1, 0.15) is 16.3 Å². The maximum Gasteiger partial charge on any atom is 0.363 e. The number of benzene rings is 2. The summed E-state index contributed by atoms with van der Waals surface area (Å²) in [5.74, 6) is -0.838. The standard InChI is InChI=1S/C22H17N5O4/c1-30-19-12-27(14-7-3-2-4-8-14)26-20(19)22(29)31-13-18(28)15(11-23)21-24-16-9-5-6-10-17(16)25-21/h2-10,12,28H,13H2,1H3,(H,24,25)/b18-15-. The van der Waals surface area contributed by atoms with Crippen molar-refractivity contribution in [3.05, 3.63) is 78.1 Å². The van der Waals surface area contributed by atoms with E-state index in [1.165, 1.54) is 11.8 Å². The minimum absolute atomic E-state index is 0.0543. The van der Waals surface area contributed by atoms with E-state index in [2.05, 4.69) is 15.1 Å². The first-order valence-electron chi connectivity index (χ1n) is 9.24. The van der Waals surface area contributed by atoms with Crippen LogP contribution in [0.4, 0.5) is 0 Å². The summed E-state index contributed by atoms with van der Waals surface area (Å²) >= 11 is 0. The number of hydrogen-bond donors (Lipinski definition) is 2. The van der Waals surface area contributed by atoms with Gasteiger partial charge < -0.3 is 19.6 Å². The molecular formula is C22H17N5O4. The number of aromatic nitrogens is 4. The third kappa shape index (κ3) is 3.95. The Morgan fingerprint density at radius 1 is 1.19 bits per heavy atom. The van der Waals surface area contributed by atoms with Crippen molar-refractivity contribution in [1.82, 2.24) is 19.7 Å². The number of hydrogen-bond acceptors (Lipinski definition) is 7. The lowest BCUT2D eigenvalue weighted by Crippen LogP contribution is -2.11. The second-order valence-corrected chi connectivity index (χ2v) is 6.44. The van der Waals surface area contributed by atoms with Crippen LogP contribution in [-0.4, -0.2) is 44.5 Å². The number of methoxy groups -OCH3 is 1. The quantitative estimate of drug-likeness (QED) is 0.281. The number of fused-ring (bicyclic) bond motifs is 1. The predicted octanol–water partition coefficient (Wildman–Crippen LogP) is 3.41. The molecule has 4 aromatic rings. The number of allylic oxidation sites excluding steroid dienone is 1. The Kier molecular flexibility index (Phi) is 5.36. The number of H-pyrrole nitrogens is 1. The molecule has 0 saturated carbocycles. The van der Waals surface area contributed by atoms with E-state index in [0.29, 0.717) is 11.0 Å². The van der Waals surface area contributed by atoms with Gasteiger partial charge in [0.25, 0.3) is 0 Å². The highest BCUT2D eigenvalue weighted by molar-refractivity contribution is 5.90. The van der Waals surface area contributed by atoms with E-state index in [-0.39, 0.29) is 22.8 Å². The summed E-state index contributed by atoms with van der Waals surface area (Å²) in [6.45, 7) is -0.528. The van der Waals surface area contributed by atoms with Crippen LogP contribution >= 0.6 is 0 Å². The third-order valence-electron chi connectivity index (χ3n) is 4.48. The fourth-order valence-electron chi connectivity index (χ4n) is 2.96. The molecule has 31 heavy (non-hydrogen) atoms. The average Bonchev–Trinajstić information content (AvgIpc) is 3.43. The Morgan fingerprint density at radius 2 is 1.94 bits per heavy atom. The van der Waals surface area contributed by atoms with Crippen LogP contribution in [-0.2, 0) is 4.74 Å². The van der Waals surface area contributed by atoms with Gasteiger partial charge >= 0.3 is 5.97 Å². The first kappa shape index (κ1) is 19.7. The monoisotopic (exact) mass is 415 g/mol.